The Labute approximate surface area is 112 Å². The zero-order chi connectivity index (χ0) is 13.9. The molecule has 5 nitrogen and oxygen atoms in total. The lowest BCUT2D eigenvalue weighted by atomic mass is 10.2. The van der Waals surface area contributed by atoms with Crippen LogP contribution >= 0.6 is 12.2 Å². The first-order valence-corrected chi connectivity index (χ1v) is 7.19. The molecule has 1 unspecified atom stereocenters. The normalized spacial score (nSPS) is 12.8. The summed E-state index contributed by atoms with van der Waals surface area (Å²) in [5, 5.41) is -0.922. The maximum atomic E-state index is 11.9. The van der Waals surface area contributed by atoms with Gasteiger partial charge in [0.15, 0.2) is 0 Å². The summed E-state index contributed by atoms with van der Waals surface area (Å²) >= 11 is 4.69. The first-order valence-electron chi connectivity index (χ1n) is 5.23. The highest BCUT2D eigenvalue weighted by Gasteiger charge is 2.23. The Balaban J connectivity index is 3.01. The van der Waals surface area contributed by atoms with E-state index < -0.39 is 15.3 Å². The number of hydrogen-bond donors (Lipinski definition) is 2. The molecule has 0 radical (unpaired) electrons. The van der Waals surface area contributed by atoms with Gasteiger partial charge in [0.05, 0.1) is 17.8 Å². The van der Waals surface area contributed by atoms with E-state index in [9.17, 15) is 8.42 Å². The van der Waals surface area contributed by atoms with E-state index in [2.05, 4.69) is 4.72 Å². The molecule has 3 N–H and O–H groups in total. The third kappa shape index (κ3) is 3.33. The summed E-state index contributed by atoms with van der Waals surface area (Å²) in [5.41, 5.74) is 6.59. The van der Waals surface area contributed by atoms with E-state index >= 15 is 0 Å². The highest BCUT2D eigenvalue weighted by atomic mass is 32.2. The molecule has 1 rings (SSSR count). The van der Waals surface area contributed by atoms with Crippen LogP contribution in [-0.4, -0.2) is 25.8 Å². The lowest BCUT2D eigenvalue weighted by Gasteiger charge is -2.15. The van der Waals surface area contributed by atoms with E-state index in [1.54, 1.807) is 32.2 Å². The van der Waals surface area contributed by atoms with E-state index in [1.807, 2.05) is 0 Å². The van der Waals surface area contributed by atoms with Crippen molar-refractivity contribution < 1.29 is 13.2 Å². The molecule has 7 heteroatoms. The predicted molar refractivity (Wildman–Crippen MR) is 76.5 cm³/mol. The van der Waals surface area contributed by atoms with Gasteiger partial charge in [0, 0.05) is 0 Å². The van der Waals surface area contributed by atoms with E-state index in [4.69, 9.17) is 22.7 Å². The topological polar surface area (TPSA) is 81.4 Å². The van der Waals surface area contributed by atoms with E-state index in [1.165, 1.54) is 6.92 Å². The average molecular weight is 288 g/mol. The first-order chi connectivity index (χ1) is 8.27. The number of thiocarbonyl (C=S) groups is 1. The minimum atomic E-state index is -3.61. The van der Waals surface area contributed by atoms with E-state index in [0.29, 0.717) is 11.4 Å². The lowest BCUT2D eigenvalue weighted by Crippen LogP contribution is -2.35. The molecule has 0 aliphatic heterocycles. The second-order valence-corrected chi connectivity index (χ2v) is 6.35. The van der Waals surface area contributed by atoms with Crippen molar-refractivity contribution in [3.8, 4) is 5.75 Å². The molecule has 0 heterocycles. The van der Waals surface area contributed by atoms with Gasteiger partial charge in [-0.05, 0) is 37.6 Å². The molecule has 0 fully saturated rings. The number of hydrogen-bond acceptors (Lipinski definition) is 4. The van der Waals surface area contributed by atoms with Crippen LogP contribution in [0.25, 0.3) is 0 Å². The number of anilines is 1. The molecular weight excluding hydrogens is 272 g/mol. The van der Waals surface area contributed by atoms with Crippen molar-refractivity contribution in [2.45, 2.75) is 19.1 Å². The molecule has 100 valence electrons. The van der Waals surface area contributed by atoms with Gasteiger partial charge in [-0.1, -0.05) is 12.2 Å². The number of aryl methyl sites for hydroxylation is 1. The molecule has 1 atom stereocenters. The van der Waals surface area contributed by atoms with Crippen LogP contribution in [0.2, 0.25) is 0 Å². The summed E-state index contributed by atoms with van der Waals surface area (Å²) in [6, 6.07) is 5.05. The molecule has 1 aromatic carbocycles. The van der Waals surface area contributed by atoms with Crippen molar-refractivity contribution in [3.63, 3.8) is 0 Å². The predicted octanol–water partition coefficient (Wildman–Crippen LogP) is 1.42. The molecule has 0 amide bonds. The Morgan fingerprint density at radius 1 is 1.50 bits per heavy atom. The van der Waals surface area contributed by atoms with Gasteiger partial charge in [0.1, 0.15) is 11.0 Å². The van der Waals surface area contributed by atoms with Gasteiger partial charge in [0.25, 0.3) is 0 Å². The molecule has 0 saturated heterocycles. The third-order valence-corrected chi connectivity index (χ3v) is 4.74. The average Bonchev–Trinajstić information content (AvgIpc) is 2.30. The quantitative estimate of drug-likeness (QED) is 0.801. The molecule has 0 aromatic heterocycles. The SMILES string of the molecule is COc1ccc(NS(=O)(=O)C(C)C(N)=S)c(C)c1. The standard InChI is InChI=1S/C11H16N2O3S2/c1-7-6-9(16-3)4-5-10(7)13-18(14,15)8(2)11(12)17/h4-6,8,13H,1-3H3,(H2,12,17). The Morgan fingerprint density at radius 3 is 2.56 bits per heavy atom. The Bertz CT molecular complexity index is 555. The van der Waals surface area contributed by atoms with Crippen molar-refractivity contribution in [1.29, 1.82) is 0 Å². The number of ether oxygens (including phenoxy) is 1. The largest absolute Gasteiger partial charge is 0.497 e. The number of nitrogens with two attached hydrogens (primary N) is 1. The lowest BCUT2D eigenvalue weighted by molar-refractivity contribution is 0.414. The van der Waals surface area contributed by atoms with Crippen LogP contribution in [0.3, 0.4) is 0 Å². The fraction of sp³-hybridized carbons (Fsp3) is 0.364. The minimum absolute atomic E-state index is 0.0614. The molecular formula is C11H16N2O3S2. The fourth-order valence-corrected chi connectivity index (χ4v) is 2.67. The van der Waals surface area contributed by atoms with Crippen LogP contribution in [0.4, 0.5) is 5.69 Å². The highest BCUT2D eigenvalue weighted by Crippen LogP contribution is 2.22. The molecule has 18 heavy (non-hydrogen) atoms. The summed E-state index contributed by atoms with van der Waals surface area (Å²) in [6.07, 6.45) is 0. The molecule has 0 aliphatic rings. The first kappa shape index (κ1) is 14.7. The summed E-state index contributed by atoms with van der Waals surface area (Å²) in [4.78, 5) is -0.0614. The van der Waals surface area contributed by atoms with Gasteiger partial charge in [-0.3, -0.25) is 4.72 Å². The van der Waals surface area contributed by atoms with Gasteiger partial charge in [-0.2, -0.15) is 0 Å². The van der Waals surface area contributed by atoms with Crippen molar-refractivity contribution in [2.24, 2.45) is 5.73 Å². The second-order valence-electron chi connectivity index (χ2n) is 3.87. The zero-order valence-electron chi connectivity index (χ0n) is 10.4. The second kappa shape index (κ2) is 5.53. The van der Waals surface area contributed by atoms with Crippen molar-refractivity contribution >= 4 is 32.9 Å². The minimum Gasteiger partial charge on any atom is -0.497 e. The Kier molecular flexibility index (Phi) is 4.53. The van der Waals surface area contributed by atoms with Crippen LogP contribution in [0, 0.1) is 6.92 Å². The summed E-state index contributed by atoms with van der Waals surface area (Å²) in [6.45, 7) is 3.23. The number of sulfonamides is 1. The van der Waals surface area contributed by atoms with Crippen LogP contribution in [0.1, 0.15) is 12.5 Å². The van der Waals surface area contributed by atoms with Crippen LogP contribution in [0.15, 0.2) is 18.2 Å². The molecule has 0 saturated carbocycles. The molecule has 1 aromatic rings. The molecule has 0 bridgehead atoms. The summed E-state index contributed by atoms with van der Waals surface area (Å²) in [5.74, 6) is 0.665. The van der Waals surface area contributed by atoms with Gasteiger partial charge in [-0.15, -0.1) is 0 Å². The number of rotatable bonds is 5. The molecule has 0 aliphatic carbocycles. The Hall–Kier alpha value is -1.34. The number of methoxy groups -OCH3 is 1. The maximum absolute atomic E-state index is 11.9. The van der Waals surface area contributed by atoms with Crippen molar-refractivity contribution in [3.05, 3.63) is 23.8 Å². The summed E-state index contributed by atoms with van der Waals surface area (Å²) in [7, 11) is -2.06. The summed E-state index contributed by atoms with van der Waals surface area (Å²) < 4.78 is 31.4. The van der Waals surface area contributed by atoms with Gasteiger partial charge >= 0.3 is 0 Å². The van der Waals surface area contributed by atoms with Gasteiger partial charge < -0.3 is 10.5 Å². The highest BCUT2D eigenvalue weighted by molar-refractivity contribution is 7.95. The van der Waals surface area contributed by atoms with Crippen molar-refractivity contribution in [1.82, 2.24) is 0 Å². The Morgan fingerprint density at radius 2 is 2.11 bits per heavy atom. The van der Waals surface area contributed by atoms with E-state index in [0.717, 1.165) is 5.56 Å². The monoisotopic (exact) mass is 288 g/mol. The van der Waals surface area contributed by atoms with Gasteiger partial charge in [-0.25, -0.2) is 8.42 Å². The van der Waals surface area contributed by atoms with Crippen LogP contribution in [-0.2, 0) is 10.0 Å². The van der Waals surface area contributed by atoms with Crippen LogP contribution in [0.5, 0.6) is 5.75 Å². The van der Waals surface area contributed by atoms with Crippen molar-refractivity contribution in [2.75, 3.05) is 11.8 Å². The van der Waals surface area contributed by atoms with E-state index in [-0.39, 0.29) is 4.99 Å². The number of benzene rings is 1. The zero-order valence-corrected chi connectivity index (χ0v) is 12.1. The smallest absolute Gasteiger partial charge is 0.241 e. The fourth-order valence-electron chi connectivity index (χ4n) is 1.27. The molecule has 0 spiro atoms. The number of nitrogens with one attached hydrogen (secondary N) is 1. The van der Waals surface area contributed by atoms with Gasteiger partial charge in [0.2, 0.25) is 10.0 Å². The maximum Gasteiger partial charge on any atom is 0.241 e. The van der Waals surface area contributed by atoms with Crippen LogP contribution < -0.4 is 15.2 Å². The third-order valence-electron chi connectivity index (χ3n) is 2.55.